The summed E-state index contributed by atoms with van der Waals surface area (Å²) in [6, 6.07) is 23.1. The summed E-state index contributed by atoms with van der Waals surface area (Å²) in [6.45, 7) is 8.11. The molecule has 0 atom stereocenters. The summed E-state index contributed by atoms with van der Waals surface area (Å²) < 4.78 is 61.5. The number of aliphatic carboxylic acids is 1. The molecule has 0 spiro atoms. The largest absolute Gasteiger partial charge is 0.497 e. The highest BCUT2D eigenvalue weighted by Gasteiger charge is 2.23. The number of sulfonamides is 1. The first kappa shape index (κ1) is 44.0. The number of hydrogen-bond acceptors (Lipinski definition) is 11. The summed E-state index contributed by atoms with van der Waals surface area (Å²) in [7, 11) is -0.651. The van der Waals surface area contributed by atoms with Crippen molar-refractivity contribution in [3.8, 4) is 28.7 Å². The Morgan fingerprint density at radius 2 is 1.46 bits per heavy atom. The number of urea groups is 1. The predicted octanol–water partition coefficient (Wildman–Crippen LogP) is 7.83. The topological polar surface area (TPSA) is 193 Å². The fraction of sp³-hybridized carbons (Fsp3) is 0.326. The van der Waals surface area contributed by atoms with Gasteiger partial charge in [-0.15, -0.1) is 0 Å². The Labute approximate surface area is 344 Å². The van der Waals surface area contributed by atoms with E-state index in [1.165, 1.54) is 14.0 Å². The first-order valence-electron chi connectivity index (χ1n) is 18.8. The molecule has 1 aromatic heterocycles. The van der Waals surface area contributed by atoms with Crippen LogP contribution in [0.15, 0.2) is 85.1 Å². The molecule has 59 heavy (non-hydrogen) atoms. The predicted molar refractivity (Wildman–Crippen MR) is 226 cm³/mol. The standard InChI is InChI=1S/C43H50N4O11S/c1-7-59(51,52)47-38-24-29(43(2,3)4)23-37(41(38)54-6)46-42(50)45-36-12-13-39(35-11-9-8-10-34(35)36)58-31-14-15-44-30(25-31)20-28-21-32(53-5)26-33(22-28)57-19-18-55-16-17-56-27-40(48)49/h8-15,21-26,47H,7,16-20,27H2,1-6H3,(H,48,49)(H2,45,46,50). The molecule has 4 aromatic carbocycles. The van der Waals surface area contributed by atoms with E-state index < -0.39 is 22.0 Å². The number of amides is 2. The lowest BCUT2D eigenvalue weighted by Gasteiger charge is -2.24. The maximum Gasteiger partial charge on any atom is 0.329 e. The van der Waals surface area contributed by atoms with Gasteiger partial charge in [-0.05, 0) is 65.9 Å². The molecule has 4 N–H and O–H groups in total. The molecular formula is C43H50N4O11S. The lowest BCUT2D eigenvalue weighted by Crippen LogP contribution is -2.22. The van der Waals surface area contributed by atoms with Gasteiger partial charge in [-0.2, -0.15) is 0 Å². The Balaban J connectivity index is 1.29. The molecule has 15 nitrogen and oxygen atoms in total. The number of carboxylic acids is 1. The summed E-state index contributed by atoms with van der Waals surface area (Å²) >= 11 is 0. The molecule has 1 heterocycles. The van der Waals surface area contributed by atoms with Crippen molar-refractivity contribution in [3.05, 3.63) is 102 Å². The molecule has 0 aliphatic carbocycles. The number of pyridine rings is 1. The molecule has 0 fully saturated rings. The van der Waals surface area contributed by atoms with Crippen LogP contribution in [-0.2, 0) is 36.1 Å². The van der Waals surface area contributed by atoms with E-state index in [4.69, 9.17) is 33.5 Å². The smallest absolute Gasteiger partial charge is 0.329 e. The van der Waals surface area contributed by atoms with E-state index in [2.05, 4.69) is 20.3 Å². The van der Waals surface area contributed by atoms with Crippen LogP contribution >= 0.6 is 0 Å². The van der Waals surface area contributed by atoms with Crippen LogP contribution in [0.3, 0.4) is 0 Å². The van der Waals surface area contributed by atoms with Crippen LogP contribution in [0, 0.1) is 0 Å². The molecule has 5 rings (SSSR count). The van der Waals surface area contributed by atoms with Gasteiger partial charge < -0.3 is 44.2 Å². The summed E-state index contributed by atoms with van der Waals surface area (Å²) in [4.78, 5) is 28.7. The summed E-state index contributed by atoms with van der Waals surface area (Å²) in [6.07, 6.45) is 2.13. The zero-order valence-corrected chi connectivity index (χ0v) is 34.7. The molecule has 0 unspecified atom stereocenters. The van der Waals surface area contributed by atoms with Gasteiger partial charge in [0.2, 0.25) is 10.0 Å². The normalized spacial score (nSPS) is 11.5. The summed E-state index contributed by atoms with van der Waals surface area (Å²) in [5.41, 5.74) is 3.09. The third-order valence-corrected chi connectivity index (χ3v) is 10.1. The molecule has 0 aliphatic heterocycles. The van der Waals surface area contributed by atoms with Crippen molar-refractivity contribution in [2.24, 2.45) is 0 Å². The Morgan fingerprint density at radius 3 is 2.17 bits per heavy atom. The molecule has 0 bridgehead atoms. The maximum absolute atomic E-state index is 13.6. The number of anilines is 3. The molecule has 0 saturated carbocycles. The van der Waals surface area contributed by atoms with E-state index in [0.717, 1.165) is 27.6 Å². The lowest BCUT2D eigenvalue weighted by molar-refractivity contribution is -0.142. The molecular weight excluding hydrogens is 781 g/mol. The number of methoxy groups -OCH3 is 2. The number of ether oxygens (including phenoxy) is 6. The average Bonchev–Trinajstić information content (AvgIpc) is 3.19. The van der Waals surface area contributed by atoms with Gasteiger partial charge in [0, 0.05) is 41.2 Å². The number of nitrogens with zero attached hydrogens (tertiary/aromatic N) is 1. The molecule has 2 amide bonds. The highest BCUT2D eigenvalue weighted by molar-refractivity contribution is 7.92. The highest BCUT2D eigenvalue weighted by atomic mass is 32.2. The van der Waals surface area contributed by atoms with Crippen LogP contribution < -0.4 is 34.3 Å². The van der Waals surface area contributed by atoms with Gasteiger partial charge in [-0.3, -0.25) is 9.71 Å². The van der Waals surface area contributed by atoms with Crippen molar-refractivity contribution in [2.45, 2.75) is 39.5 Å². The van der Waals surface area contributed by atoms with Gasteiger partial charge in [0.05, 0.1) is 56.9 Å². The van der Waals surface area contributed by atoms with Gasteiger partial charge in [0.25, 0.3) is 0 Å². The fourth-order valence-electron chi connectivity index (χ4n) is 5.92. The zero-order valence-electron chi connectivity index (χ0n) is 33.9. The second-order valence-electron chi connectivity index (χ2n) is 14.3. The zero-order chi connectivity index (χ0) is 42.6. The molecule has 5 aromatic rings. The highest BCUT2D eigenvalue weighted by Crippen LogP contribution is 2.40. The average molecular weight is 831 g/mol. The first-order valence-corrected chi connectivity index (χ1v) is 20.5. The second kappa shape index (κ2) is 20.0. The number of aromatic nitrogens is 1. The first-order chi connectivity index (χ1) is 28.2. The van der Waals surface area contributed by atoms with Crippen molar-refractivity contribution < 1.29 is 51.5 Å². The number of hydrogen-bond donors (Lipinski definition) is 4. The van der Waals surface area contributed by atoms with Gasteiger partial charge in [0.15, 0.2) is 5.75 Å². The van der Waals surface area contributed by atoms with E-state index in [0.29, 0.717) is 40.8 Å². The van der Waals surface area contributed by atoms with Crippen molar-refractivity contribution in [1.29, 1.82) is 0 Å². The molecule has 314 valence electrons. The van der Waals surface area contributed by atoms with Gasteiger partial charge in [-0.1, -0.05) is 45.0 Å². The Morgan fingerprint density at radius 1 is 0.763 bits per heavy atom. The number of nitrogens with one attached hydrogen (secondary N) is 3. The number of carbonyl (C=O) groups is 2. The van der Waals surface area contributed by atoms with E-state index in [1.54, 1.807) is 49.7 Å². The number of benzene rings is 4. The van der Waals surface area contributed by atoms with Crippen molar-refractivity contribution in [2.75, 3.05) is 68.4 Å². The summed E-state index contributed by atoms with van der Waals surface area (Å²) in [5.74, 6) is 1.34. The van der Waals surface area contributed by atoms with Gasteiger partial charge in [0.1, 0.15) is 36.2 Å². The second-order valence-corrected chi connectivity index (χ2v) is 16.3. The third kappa shape index (κ3) is 12.7. The fourth-order valence-corrected chi connectivity index (χ4v) is 6.55. The summed E-state index contributed by atoms with van der Waals surface area (Å²) in [5, 5.41) is 15.9. The quantitative estimate of drug-likeness (QED) is 0.0557. The SMILES string of the molecule is CCS(=O)(=O)Nc1cc(C(C)(C)C)cc(NC(=O)Nc2ccc(Oc3ccnc(Cc4cc(OC)cc(OCCOCCOCC(=O)O)c4)c3)c3ccccc23)c1OC. The van der Waals surface area contributed by atoms with Crippen LogP contribution in [0.1, 0.15) is 44.5 Å². The van der Waals surface area contributed by atoms with E-state index in [9.17, 15) is 18.0 Å². The van der Waals surface area contributed by atoms with Crippen LogP contribution in [0.25, 0.3) is 10.8 Å². The third-order valence-electron chi connectivity index (χ3n) is 8.86. The van der Waals surface area contributed by atoms with Crippen LogP contribution in [0.4, 0.5) is 21.9 Å². The minimum absolute atomic E-state index is 0.133. The lowest BCUT2D eigenvalue weighted by atomic mass is 9.86. The Hall–Kier alpha value is -6.10. The van der Waals surface area contributed by atoms with E-state index >= 15 is 0 Å². The van der Waals surface area contributed by atoms with Gasteiger partial charge in [-0.25, -0.2) is 18.0 Å². The number of fused-ring (bicyclic) bond motifs is 1. The van der Waals surface area contributed by atoms with Crippen LogP contribution in [0.2, 0.25) is 0 Å². The van der Waals surface area contributed by atoms with Gasteiger partial charge >= 0.3 is 12.0 Å². The van der Waals surface area contributed by atoms with E-state index in [-0.39, 0.29) is 55.6 Å². The van der Waals surface area contributed by atoms with Crippen LogP contribution in [0.5, 0.6) is 28.7 Å². The van der Waals surface area contributed by atoms with Crippen LogP contribution in [-0.4, -0.2) is 83.5 Å². The van der Waals surface area contributed by atoms with Crippen molar-refractivity contribution >= 4 is 49.9 Å². The van der Waals surface area contributed by atoms with Crippen molar-refractivity contribution in [1.82, 2.24) is 4.98 Å². The van der Waals surface area contributed by atoms with E-state index in [1.807, 2.05) is 63.2 Å². The van der Waals surface area contributed by atoms with Crippen molar-refractivity contribution in [3.63, 3.8) is 0 Å². The Kier molecular flexibility index (Phi) is 15.0. The number of carboxylic acid groups (broad SMARTS) is 1. The minimum atomic E-state index is -3.64. The minimum Gasteiger partial charge on any atom is -0.497 e. The molecule has 0 saturated heterocycles. The molecule has 16 heteroatoms. The number of rotatable bonds is 20. The molecule has 0 aliphatic rings. The number of carbonyl (C=O) groups excluding carboxylic acids is 1. The maximum atomic E-state index is 13.6. The monoisotopic (exact) mass is 830 g/mol. The Bertz CT molecular complexity index is 2360. The molecule has 0 radical (unpaired) electrons.